The van der Waals surface area contributed by atoms with Gasteiger partial charge in [0.2, 0.25) is 0 Å². The normalized spacial score (nSPS) is 27.4. The van der Waals surface area contributed by atoms with E-state index in [9.17, 15) is 15.3 Å². The first-order chi connectivity index (χ1) is 13.5. The van der Waals surface area contributed by atoms with E-state index in [-0.39, 0.29) is 5.82 Å². The molecule has 154 valence electrons. The molecule has 4 atom stereocenters. The standard InChI is InChI=1S/C17H27N7O4/c1-3-4-5-6-7-24(19-2)17(14(27)13(26)11(8-25)28-17)23-10-22-12-15(18)20-9-21-16(12)23/h9-11,13-14,25-27H,2-8H2,1H3,(H2,18,20,21)/t11-,13-,14-,17-/m1/s1. The molecule has 3 rings (SSSR count). The van der Waals surface area contributed by atoms with Crippen LogP contribution in [-0.4, -0.2) is 78.0 Å². The van der Waals surface area contributed by atoms with Crippen molar-refractivity contribution in [3.05, 3.63) is 12.7 Å². The molecule has 1 aliphatic heterocycles. The number of hydrazone groups is 1. The highest BCUT2D eigenvalue weighted by atomic mass is 16.6. The van der Waals surface area contributed by atoms with Crippen LogP contribution in [0.3, 0.4) is 0 Å². The molecular weight excluding hydrogens is 366 g/mol. The number of fused-ring (bicyclic) bond motifs is 1. The molecule has 0 spiro atoms. The predicted molar refractivity (Wildman–Crippen MR) is 102 cm³/mol. The number of unbranched alkanes of at least 4 members (excludes halogenated alkanes) is 3. The van der Waals surface area contributed by atoms with Crippen LogP contribution < -0.4 is 5.73 Å². The molecule has 0 aromatic carbocycles. The summed E-state index contributed by atoms with van der Waals surface area (Å²) in [5, 5.41) is 36.6. The Labute approximate surface area is 162 Å². The highest BCUT2D eigenvalue weighted by molar-refractivity contribution is 5.81. The van der Waals surface area contributed by atoms with Crippen LogP contribution in [0.4, 0.5) is 5.82 Å². The smallest absolute Gasteiger partial charge is 0.273 e. The third-order valence-corrected chi connectivity index (χ3v) is 5.07. The maximum atomic E-state index is 11.0. The minimum absolute atomic E-state index is 0.173. The number of ether oxygens (including phenoxy) is 1. The van der Waals surface area contributed by atoms with Crippen LogP contribution in [0.25, 0.3) is 11.2 Å². The average molecular weight is 393 g/mol. The topological polar surface area (TPSA) is 155 Å². The Morgan fingerprint density at radius 3 is 2.75 bits per heavy atom. The molecule has 11 heteroatoms. The number of hydrogen-bond acceptors (Lipinski definition) is 10. The van der Waals surface area contributed by atoms with Gasteiger partial charge in [-0.05, 0) is 6.42 Å². The van der Waals surface area contributed by atoms with Crippen molar-refractivity contribution in [2.45, 2.75) is 56.8 Å². The van der Waals surface area contributed by atoms with Crippen molar-refractivity contribution < 1.29 is 20.1 Å². The number of hydrogen-bond donors (Lipinski definition) is 4. The lowest BCUT2D eigenvalue weighted by Crippen LogP contribution is -2.56. The number of nitrogens with two attached hydrogens (primary N) is 1. The number of aliphatic hydroxyl groups excluding tert-OH is 3. The first kappa shape index (κ1) is 20.4. The van der Waals surface area contributed by atoms with Crippen molar-refractivity contribution in [1.29, 1.82) is 0 Å². The molecule has 2 aromatic heterocycles. The van der Waals surface area contributed by atoms with Crippen LogP contribution >= 0.6 is 0 Å². The molecule has 0 unspecified atom stereocenters. The molecule has 11 nitrogen and oxygen atoms in total. The molecule has 3 heterocycles. The zero-order valence-corrected chi connectivity index (χ0v) is 15.8. The molecule has 0 saturated carbocycles. The minimum atomic E-state index is -1.68. The van der Waals surface area contributed by atoms with Crippen LogP contribution in [0.2, 0.25) is 0 Å². The second-order valence-corrected chi connectivity index (χ2v) is 6.80. The number of aliphatic hydroxyl groups is 3. The lowest BCUT2D eigenvalue weighted by molar-refractivity contribution is -0.242. The van der Waals surface area contributed by atoms with E-state index in [4.69, 9.17) is 10.5 Å². The van der Waals surface area contributed by atoms with Gasteiger partial charge < -0.3 is 25.8 Å². The molecule has 1 aliphatic rings. The van der Waals surface area contributed by atoms with Crippen molar-refractivity contribution in [3.8, 4) is 0 Å². The van der Waals surface area contributed by atoms with Gasteiger partial charge in [-0.3, -0.25) is 4.57 Å². The molecule has 0 amide bonds. The highest BCUT2D eigenvalue weighted by Gasteiger charge is 2.59. The van der Waals surface area contributed by atoms with Gasteiger partial charge in [0.05, 0.1) is 6.61 Å². The summed E-state index contributed by atoms with van der Waals surface area (Å²) in [6, 6.07) is 0. The zero-order chi connectivity index (χ0) is 20.3. The first-order valence-corrected chi connectivity index (χ1v) is 9.34. The minimum Gasteiger partial charge on any atom is -0.394 e. The van der Waals surface area contributed by atoms with Gasteiger partial charge in [-0.2, -0.15) is 5.10 Å². The summed E-state index contributed by atoms with van der Waals surface area (Å²) < 4.78 is 7.45. The predicted octanol–water partition coefficient (Wildman–Crippen LogP) is -0.370. The number of nitrogen functional groups attached to an aromatic ring is 1. The Kier molecular flexibility index (Phi) is 6.08. The zero-order valence-electron chi connectivity index (χ0n) is 15.8. The Balaban J connectivity index is 2.09. The summed E-state index contributed by atoms with van der Waals surface area (Å²) in [6.07, 6.45) is 2.71. The largest absolute Gasteiger partial charge is 0.394 e. The lowest BCUT2D eigenvalue weighted by atomic mass is 10.1. The molecule has 2 aromatic rings. The van der Waals surface area contributed by atoms with Crippen LogP contribution in [-0.2, 0) is 10.6 Å². The fraction of sp³-hybridized carbons (Fsp3) is 0.647. The first-order valence-electron chi connectivity index (χ1n) is 9.34. The van der Waals surface area contributed by atoms with Crippen LogP contribution in [0, 0.1) is 0 Å². The Morgan fingerprint density at radius 1 is 1.32 bits per heavy atom. The van der Waals surface area contributed by atoms with Gasteiger partial charge in [-0.15, -0.1) is 0 Å². The molecule has 28 heavy (non-hydrogen) atoms. The van der Waals surface area contributed by atoms with Crippen LogP contribution in [0.1, 0.15) is 32.6 Å². The summed E-state index contributed by atoms with van der Waals surface area (Å²) in [5.74, 6) is -1.51. The maximum absolute atomic E-state index is 11.0. The average Bonchev–Trinajstić information content (AvgIpc) is 3.24. The molecule has 1 fully saturated rings. The van der Waals surface area contributed by atoms with E-state index >= 15 is 0 Å². The SMILES string of the molecule is C=NN(CCCCCC)[C@@]1(n2cnc3c(N)ncnc32)O[C@H](CO)[C@@H](O)[C@H]1O. The van der Waals surface area contributed by atoms with Gasteiger partial charge in [-0.25, -0.2) is 20.0 Å². The third kappa shape index (κ3) is 3.20. The third-order valence-electron chi connectivity index (χ3n) is 5.07. The summed E-state index contributed by atoms with van der Waals surface area (Å²) in [5.41, 5.74) is 6.51. The summed E-state index contributed by atoms with van der Waals surface area (Å²) >= 11 is 0. The highest BCUT2D eigenvalue weighted by Crippen LogP contribution is 2.41. The summed E-state index contributed by atoms with van der Waals surface area (Å²) in [7, 11) is 0. The number of nitrogens with zero attached hydrogens (tertiary/aromatic N) is 6. The van der Waals surface area contributed by atoms with Gasteiger partial charge >= 0.3 is 0 Å². The summed E-state index contributed by atoms with van der Waals surface area (Å²) in [4.78, 5) is 12.4. The Morgan fingerprint density at radius 2 is 2.11 bits per heavy atom. The maximum Gasteiger partial charge on any atom is 0.273 e. The Bertz CT molecular complexity index is 816. The molecule has 0 aliphatic carbocycles. The molecule has 0 bridgehead atoms. The fourth-order valence-corrected chi connectivity index (χ4v) is 3.58. The van der Waals surface area contributed by atoms with Gasteiger partial charge in [0.25, 0.3) is 5.85 Å². The second-order valence-electron chi connectivity index (χ2n) is 6.80. The monoisotopic (exact) mass is 393 g/mol. The van der Waals surface area contributed by atoms with E-state index in [1.807, 2.05) is 0 Å². The second kappa shape index (κ2) is 8.35. The number of aromatic nitrogens is 4. The van der Waals surface area contributed by atoms with Crippen molar-refractivity contribution in [2.75, 3.05) is 18.9 Å². The number of rotatable bonds is 9. The Hall–Kier alpha value is -2.34. The lowest BCUT2D eigenvalue weighted by Gasteiger charge is -2.41. The van der Waals surface area contributed by atoms with Crippen molar-refractivity contribution in [1.82, 2.24) is 24.5 Å². The van der Waals surface area contributed by atoms with Crippen LogP contribution in [0.5, 0.6) is 0 Å². The number of imidazole rings is 1. The van der Waals surface area contributed by atoms with Gasteiger partial charge in [0.15, 0.2) is 17.6 Å². The van der Waals surface area contributed by atoms with E-state index in [1.54, 1.807) is 0 Å². The van der Waals surface area contributed by atoms with Crippen molar-refractivity contribution in [3.63, 3.8) is 0 Å². The number of anilines is 1. The van der Waals surface area contributed by atoms with Crippen molar-refractivity contribution >= 4 is 23.7 Å². The van der Waals surface area contributed by atoms with E-state index in [2.05, 4.69) is 33.7 Å². The molecule has 1 saturated heterocycles. The van der Waals surface area contributed by atoms with Crippen molar-refractivity contribution in [2.24, 2.45) is 5.10 Å². The molecule has 5 N–H and O–H groups in total. The quantitative estimate of drug-likeness (QED) is 0.254. The van der Waals surface area contributed by atoms with Gasteiger partial charge in [-0.1, -0.05) is 26.2 Å². The van der Waals surface area contributed by atoms with Gasteiger partial charge in [0.1, 0.15) is 30.4 Å². The summed E-state index contributed by atoms with van der Waals surface area (Å²) in [6.45, 7) is 5.65. The van der Waals surface area contributed by atoms with Crippen LogP contribution in [0.15, 0.2) is 17.8 Å². The molecular formula is C17H27N7O4. The van der Waals surface area contributed by atoms with E-state index in [1.165, 1.54) is 22.2 Å². The molecule has 0 radical (unpaired) electrons. The van der Waals surface area contributed by atoms with E-state index in [0.717, 1.165) is 25.7 Å². The van der Waals surface area contributed by atoms with Gasteiger partial charge in [0, 0.05) is 13.3 Å². The van der Waals surface area contributed by atoms with E-state index < -0.39 is 30.8 Å². The van der Waals surface area contributed by atoms with E-state index in [0.29, 0.717) is 17.7 Å². The fourth-order valence-electron chi connectivity index (χ4n) is 3.58.